The molecule has 10 heteroatoms. The van der Waals surface area contributed by atoms with Crippen LogP contribution in [0.2, 0.25) is 0 Å². The molecule has 0 heterocycles. The Labute approximate surface area is 230 Å². The van der Waals surface area contributed by atoms with Crippen molar-refractivity contribution in [2.24, 2.45) is 5.92 Å². The van der Waals surface area contributed by atoms with Gasteiger partial charge in [0.2, 0.25) is 21.8 Å². The zero-order valence-electron chi connectivity index (χ0n) is 22.7. The van der Waals surface area contributed by atoms with Crippen LogP contribution in [0.1, 0.15) is 39.2 Å². The highest BCUT2D eigenvalue weighted by Gasteiger charge is 2.30. The molecule has 212 valence electrons. The van der Waals surface area contributed by atoms with Crippen molar-refractivity contribution in [1.82, 2.24) is 15.4 Å². The van der Waals surface area contributed by atoms with Gasteiger partial charge in [-0.25, -0.2) is 12.8 Å². The van der Waals surface area contributed by atoms with Crippen molar-refractivity contribution in [2.75, 3.05) is 6.61 Å². The van der Waals surface area contributed by atoms with Crippen molar-refractivity contribution in [1.29, 1.82) is 0 Å². The van der Waals surface area contributed by atoms with Crippen LogP contribution in [0.3, 0.4) is 0 Å². The van der Waals surface area contributed by atoms with Crippen molar-refractivity contribution < 1.29 is 27.1 Å². The Kier molecular flexibility index (Phi) is 12.3. The molecule has 0 aliphatic rings. The molecule has 3 atom stereocenters. The first-order valence-electron chi connectivity index (χ1n) is 12.8. The number of amides is 2. The second-order valence-corrected chi connectivity index (χ2v) is 11.4. The van der Waals surface area contributed by atoms with Crippen LogP contribution in [0.4, 0.5) is 4.39 Å². The molecule has 0 spiro atoms. The normalized spacial score (nSPS) is 13.7. The molecule has 3 N–H and O–H groups in total. The highest BCUT2D eigenvalue weighted by atomic mass is 32.2. The van der Waals surface area contributed by atoms with Crippen LogP contribution in [-0.2, 0) is 26.0 Å². The highest BCUT2D eigenvalue weighted by molar-refractivity contribution is 7.89. The first-order valence-corrected chi connectivity index (χ1v) is 14.3. The standard InChI is InChI=1S/C29H38FN3O5S/c1-6-8-21(5)31-28(34)26(18-20(3)4)32-29(35)27(19-22-9-13-24(14-10-22)38-17-7-2)33-39(36,37)25-15-11-23(30)12-16-25/h6-7,9-16,20-21,26-27,33H,1-2,8,17-19H2,3-5H3,(H,31,34)(H,32,35)/t21-,26+,27+/m1/s1. The number of rotatable bonds is 16. The lowest BCUT2D eigenvalue weighted by Crippen LogP contribution is -2.55. The molecule has 0 aliphatic carbocycles. The Balaban J connectivity index is 2.32. The molecule has 0 radical (unpaired) electrons. The summed E-state index contributed by atoms with van der Waals surface area (Å²) in [5.41, 5.74) is 0.660. The Morgan fingerprint density at radius 2 is 1.54 bits per heavy atom. The molecule has 2 aromatic rings. The zero-order chi connectivity index (χ0) is 29.0. The molecular formula is C29H38FN3O5S. The minimum absolute atomic E-state index is 0.00309. The summed E-state index contributed by atoms with van der Waals surface area (Å²) >= 11 is 0. The van der Waals surface area contributed by atoms with Gasteiger partial charge in [0.05, 0.1) is 4.90 Å². The molecule has 0 aliphatic heterocycles. The fourth-order valence-corrected chi connectivity index (χ4v) is 4.99. The summed E-state index contributed by atoms with van der Waals surface area (Å²) in [5.74, 6) is -0.947. The number of hydrogen-bond donors (Lipinski definition) is 3. The lowest BCUT2D eigenvalue weighted by Gasteiger charge is -2.25. The third-order valence-corrected chi connectivity index (χ3v) is 7.21. The number of hydrogen-bond acceptors (Lipinski definition) is 5. The maximum absolute atomic E-state index is 13.5. The minimum atomic E-state index is -4.19. The molecule has 39 heavy (non-hydrogen) atoms. The summed E-state index contributed by atoms with van der Waals surface area (Å²) in [5, 5.41) is 5.60. The Bertz CT molecular complexity index is 1210. The molecule has 2 aromatic carbocycles. The second kappa shape index (κ2) is 15.2. The maximum atomic E-state index is 13.5. The van der Waals surface area contributed by atoms with E-state index in [-0.39, 0.29) is 29.2 Å². The molecule has 0 fully saturated rings. The monoisotopic (exact) mass is 559 g/mol. The van der Waals surface area contributed by atoms with E-state index in [4.69, 9.17) is 4.74 Å². The van der Waals surface area contributed by atoms with Gasteiger partial charge in [-0.1, -0.05) is 44.7 Å². The van der Waals surface area contributed by atoms with Gasteiger partial charge in [-0.05, 0) is 74.1 Å². The van der Waals surface area contributed by atoms with Gasteiger partial charge >= 0.3 is 0 Å². The second-order valence-electron chi connectivity index (χ2n) is 9.70. The van der Waals surface area contributed by atoms with E-state index >= 15 is 0 Å². The molecule has 0 bridgehead atoms. The zero-order valence-corrected chi connectivity index (χ0v) is 23.5. The number of ether oxygens (including phenoxy) is 1. The first kappa shape index (κ1) is 31.7. The Morgan fingerprint density at radius 3 is 2.10 bits per heavy atom. The van der Waals surface area contributed by atoms with E-state index in [1.807, 2.05) is 20.8 Å². The number of carbonyl (C=O) groups is 2. The Morgan fingerprint density at radius 1 is 0.923 bits per heavy atom. The van der Waals surface area contributed by atoms with Crippen molar-refractivity contribution in [2.45, 2.75) is 63.1 Å². The number of nitrogens with one attached hydrogen (secondary N) is 3. The third kappa shape index (κ3) is 10.6. The summed E-state index contributed by atoms with van der Waals surface area (Å²) in [7, 11) is -4.19. The van der Waals surface area contributed by atoms with E-state index in [0.717, 1.165) is 24.3 Å². The van der Waals surface area contributed by atoms with E-state index < -0.39 is 33.8 Å². The minimum Gasteiger partial charge on any atom is -0.490 e. The fraction of sp³-hybridized carbons (Fsp3) is 0.379. The number of benzene rings is 2. The molecule has 8 nitrogen and oxygen atoms in total. The van der Waals surface area contributed by atoms with Gasteiger partial charge in [-0.3, -0.25) is 9.59 Å². The summed E-state index contributed by atoms with van der Waals surface area (Å²) in [4.78, 5) is 26.3. The van der Waals surface area contributed by atoms with Crippen LogP contribution in [0.15, 0.2) is 78.7 Å². The van der Waals surface area contributed by atoms with Gasteiger partial charge in [0, 0.05) is 6.04 Å². The van der Waals surface area contributed by atoms with Gasteiger partial charge in [-0.15, -0.1) is 6.58 Å². The fourth-order valence-electron chi connectivity index (χ4n) is 3.80. The van der Waals surface area contributed by atoms with Gasteiger partial charge in [0.1, 0.15) is 30.3 Å². The quantitative estimate of drug-likeness (QED) is 0.270. The average molecular weight is 560 g/mol. The third-order valence-electron chi connectivity index (χ3n) is 5.72. The number of carbonyl (C=O) groups excluding carboxylic acids is 2. The smallest absolute Gasteiger partial charge is 0.242 e. The van der Waals surface area contributed by atoms with Gasteiger partial charge < -0.3 is 15.4 Å². The molecule has 0 aromatic heterocycles. The molecule has 2 amide bonds. The van der Waals surface area contributed by atoms with Crippen molar-refractivity contribution in [3.05, 3.63) is 85.2 Å². The molecule has 0 unspecified atom stereocenters. The number of halogens is 1. The van der Waals surface area contributed by atoms with Crippen LogP contribution in [0.5, 0.6) is 5.75 Å². The summed E-state index contributed by atoms with van der Waals surface area (Å²) < 4.78 is 47.5. The van der Waals surface area contributed by atoms with Crippen molar-refractivity contribution in [3.8, 4) is 5.75 Å². The van der Waals surface area contributed by atoms with Gasteiger partial charge in [0.15, 0.2) is 0 Å². The molecule has 0 saturated carbocycles. The topological polar surface area (TPSA) is 114 Å². The first-order chi connectivity index (χ1) is 18.4. The highest BCUT2D eigenvalue weighted by Crippen LogP contribution is 2.16. The molecule has 2 rings (SSSR count). The summed E-state index contributed by atoms with van der Waals surface area (Å²) in [6.07, 6.45) is 4.21. The van der Waals surface area contributed by atoms with Crippen LogP contribution < -0.4 is 20.1 Å². The maximum Gasteiger partial charge on any atom is 0.242 e. The Hall–Kier alpha value is -3.50. The van der Waals surface area contributed by atoms with Gasteiger partial charge in [-0.2, -0.15) is 4.72 Å². The molecule has 0 saturated heterocycles. The summed E-state index contributed by atoms with van der Waals surface area (Å²) in [6.45, 7) is 13.3. The van der Waals surface area contributed by atoms with E-state index in [2.05, 4.69) is 28.5 Å². The average Bonchev–Trinajstić information content (AvgIpc) is 2.87. The lowest BCUT2D eigenvalue weighted by molar-refractivity contribution is -0.130. The van der Waals surface area contributed by atoms with Crippen molar-refractivity contribution in [3.63, 3.8) is 0 Å². The van der Waals surface area contributed by atoms with E-state index in [9.17, 15) is 22.4 Å². The SMILES string of the molecule is C=CCOc1ccc(C[C@H](NS(=O)(=O)c2ccc(F)cc2)C(=O)N[C@@H](CC(C)C)C(=O)N[C@H](C)CC=C)cc1. The van der Waals surface area contributed by atoms with Crippen LogP contribution in [0.25, 0.3) is 0 Å². The van der Waals surface area contributed by atoms with Gasteiger partial charge in [0.25, 0.3) is 0 Å². The predicted octanol–water partition coefficient (Wildman–Crippen LogP) is 3.89. The van der Waals surface area contributed by atoms with Crippen LogP contribution in [-0.4, -0.2) is 45.0 Å². The molecular weight excluding hydrogens is 521 g/mol. The predicted molar refractivity (Wildman–Crippen MR) is 150 cm³/mol. The van der Waals surface area contributed by atoms with E-state index in [0.29, 0.717) is 30.8 Å². The largest absolute Gasteiger partial charge is 0.490 e. The number of sulfonamides is 1. The van der Waals surface area contributed by atoms with Crippen LogP contribution in [0, 0.1) is 11.7 Å². The van der Waals surface area contributed by atoms with Crippen molar-refractivity contribution >= 4 is 21.8 Å². The summed E-state index contributed by atoms with van der Waals surface area (Å²) in [6, 6.07) is 8.83. The van der Waals surface area contributed by atoms with E-state index in [1.165, 1.54) is 0 Å². The van der Waals surface area contributed by atoms with E-state index in [1.54, 1.807) is 36.4 Å². The lowest BCUT2D eigenvalue weighted by atomic mass is 10.0. The van der Waals surface area contributed by atoms with Crippen LogP contribution >= 0.6 is 0 Å².